The number of carbonyl (C=O) groups excluding carboxylic acids is 2. The minimum absolute atomic E-state index is 0.196. The lowest BCUT2D eigenvalue weighted by molar-refractivity contribution is -0.121. The zero-order valence-electron chi connectivity index (χ0n) is 14.8. The Morgan fingerprint density at radius 3 is 2.35 bits per heavy atom. The van der Waals surface area contributed by atoms with Gasteiger partial charge in [-0.15, -0.1) is 0 Å². The molecule has 0 saturated carbocycles. The van der Waals surface area contributed by atoms with Crippen molar-refractivity contribution in [2.75, 3.05) is 12.4 Å². The lowest BCUT2D eigenvalue weighted by Gasteiger charge is -2.30. The Balaban J connectivity index is 2.81. The minimum Gasteiger partial charge on any atom is -0.444 e. The van der Waals surface area contributed by atoms with Gasteiger partial charge in [0.05, 0.1) is 0 Å². The van der Waals surface area contributed by atoms with Crippen molar-refractivity contribution in [3.63, 3.8) is 0 Å². The molecule has 0 heterocycles. The summed E-state index contributed by atoms with van der Waals surface area (Å²) in [6, 6.07) is 8.69. The van der Waals surface area contributed by atoms with Crippen molar-refractivity contribution in [3.05, 3.63) is 30.3 Å². The summed E-state index contributed by atoms with van der Waals surface area (Å²) in [5, 5.41) is 2.86. The number of likely N-dealkylation sites (N-methyl/N-ethyl adjacent to an activating group) is 1. The van der Waals surface area contributed by atoms with Gasteiger partial charge in [0.15, 0.2) is 0 Å². The number of rotatable bonds is 6. The van der Waals surface area contributed by atoms with Gasteiger partial charge in [0, 0.05) is 12.7 Å². The molecule has 128 valence electrons. The third-order valence-corrected chi connectivity index (χ3v) is 3.32. The van der Waals surface area contributed by atoms with E-state index in [4.69, 9.17) is 4.74 Å². The maximum absolute atomic E-state index is 12.6. The third-order valence-electron chi connectivity index (χ3n) is 3.32. The Morgan fingerprint density at radius 1 is 1.22 bits per heavy atom. The maximum Gasteiger partial charge on any atom is 0.410 e. The number of carbonyl (C=O) groups is 2. The fourth-order valence-electron chi connectivity index (χ4n) is 2.11. The Labute approximate surface area is 139 Å². The van der Waals surface area contributed by atoms with Crippen molar-refractivity contribution in [2.24, 2.45) is 0 Å². The molecule has 1 aromatic carbocycles. The molecule has 5 heteroatoms. The van der Waals surface area contributed by atoms with Gasteiger partial charge in [0.25, 0.3) is 0 Å². The molecule has 0 aliphatic rings. The topological polar surface area (TPSA) is 58.6 Å². The first-order chi connectivity index (χ1) is 10.7. The average molecular weight is 320 g/mol. The summed E-state index contributed by atoms with van der Waals surface area (Å²) in [7, 11) is 1.61. The second-order valence-electron chi connectivity index (χ2n) is 6.60. The van der Waals surface area contributed by atoms with Crippen LogP contribution >= 0.6 is 0 Å². The van der Waals surface area contributed by atoms with Gasteiger partial charge in [-0.25, -0.2) is 4.79 Å². The first kappa shape index (κ1) is 19.0. The molecule has 0 bridgehead atoms. The van der Waals surface area contributed by atoms with Gasteiger partial charge in [-0.2, -0.15) is 0 Å². The number of benzene rings is 1. The first-order valence-corrected chi connectivity index (χ1v) is 8.06. The summed E-state index contributed by atoms with van der Waals surface area (Å²) in [4.78, 5) is 26.2. The highest BCUT2D eigenvalue weighted by Gasteiger charge is 2.29. The van der Waals surface area contributed by atoms with E-state index in [-0.39, 0.29) is 5.91 Å². The molecular formula is C18H28N2O3. The monoisotopic (exact) mass is 320 g/mol. The summed E-state index contributed by atoms with van der Waals surface area (Å²) in [5.74, 6) is -0.196. The van der Waals surface area contributed by atoms with Crippen molar-refractivity contribution in [2.45, 2.75) is 58.6 Å². The predicted octanol–water partition coefficient (Wildman–Crippen LogP) is 4.05. The summed E-state index contributed by atoms with van der Waals surface area (Å²) in [5.41, 5.74) is 0.132. The second kappa shape index (κ2) is 8.56. The van der Waals surface area contributed by atoms with Crippen LogP contribution in [0.4, 0.5) is 10.5 Å². The Hall–Kier alpha value is -2.04. The second-order valence-corrected chi connectivity index (χ2v) is 6.60. The van der Waals surface area contributed by atoms with Crippen molar-refractivity contribution in [3.8, 4) is 0 Å². The quantitative estimate of drug-likeness (QED) is 0.860. The summed E-state index contributed by atoms with van der Waals surface area (Å²) in [6.45, 7) is 7.48. The largest absolute Gasteiger partial charge is 0.444 e. The van der Waals surface area contributed by atoms with Crippen LogP contribution in [0.5, 0.6) is 0 Å². The van der Waals surface area contributed by atoms with Gasteiger partial charge in [0.2, 0.25) is 5.91 Å². The highest BCUT2D eigenvalue weighted by molar-refractivity contribution is 5.96. The van der Waals surface area contributed by atoms with E-state index in [9.17, 15) is 9.59 Å². The molecule has 0 aliphatic heterocycles. The standard InChI is InChI=1S/C18H28N2O3/c1-6-7-13-15(20(5)17(22)23-18(2,3)4)16(21)19-14-11-9-8-10-12-14/h8-12,15H,6-7,13H2,1-5H3,(H,19,21)/t15-/m0/s1. The molecule has 0 unspecified atom stereocenters. The van der Waals surface area contributed by atoms with E-state index < -0.39 is 17.7 Å². The number of amides is 2. The van der Waals surface area contributed by atoms with Crippen LogP contribution in [0.25, 0.3) is 0 Å². The lowest BCUT2D eigenvalue weighted by Crippen LogP contribution is -2.47. The number of hydrogen-bond acceptors (Lipinski definition) is 3. The van der Waals surface area contributed by atoms with E-state index >= 15 is 0 Å². The molecule has 5 nitrogen and oxygen atoms in total. The van der Waals surface area contributed by atoms with E-state index in [2.05, 4.69) is 12.2 Å². The van der Waals surface area contributed by atoms with Crippen LogP contribution in [-0.4, -0.2) is 35.6 Å². The fraction of sp³-hybridized carbons (Fsp3) is 0.556. The van der Waals surface area contributed by atoms with Crippen LogP contribution in [-0.2, 0) is 9.53 Å². The van der Waals surface area contributed by atoms with Crippen LogP contribution in [0.2, 0.25) is 0 Å². The number of para-hydroxylation sites is 1. The van der Waals surface area contributed by atoms with Gasteiger partial charge >= 0.3 is 6.09 Å². The molecular weight excluding hydrogens is 292 g/mol. The van der Waals surface area contributed by atoms with E-state index in [1.807, 2.05) is 51.1 Å². The molecule has 0 radical (unpaired) electrons. The van der Waals surface area contributed by atoms with Crippen molar-refractivity contribution in [1.29, 1.82) is 0 Å². The number of nitrogens with zero attached hydrogens (tertiary/aromatic N) is 1. The van der Waals surface area contributed by atoms with Crippen LogP contribution in [0, 0.1) is 0 Å². The minimum atomic E-state index is -0.587. The highest BCUT2D eigenvalue weighted by Crippen LogP contribution is 2.16. The molecule has 0 spiro atoms. The van der Waals surface area contributed by atoms with E-state index in [0.29, 0.717) is 6.42 Å². The highest BCUT2D eigenvalue weighted by atomic mass is 16.6. The third kappa shape index (κ3) is 6.72. The van der Waals surface area contributed by atoms with E-state index in [1.165, 1.54) is 4.90 Å². The maximum atomic E-state index is 12.6. The molecule has 1 aromatic rings. The van der Waals surface area contributed by atoms with Crippen LogP contribution in [0.3, 0.4) is 0 Å². The van der Waals surface area contributed by atoms with Gasteiger partial charge < -0.3 is 10.1 Å². The van der Waals surface area contributed by atoms with Gasteiger partial charge in [-0.05, 0) is 39.3 Å². The van der Waals surface area contributed by atoms with Gasteiger partial charge in [-0.3, -0.25) is 9.69 Å². The van der Waals surface area contributed by atoms with Crippen LogP contribution in [0.15, 0.2) is 30.3 Å². The molecule has 0 aromatic heterocycles. The number of anilines is 1. The number of ether oxygens (including phenoxy) is 1. The van der Waals surface area contributed by atoms with Crippen molar-refractivity contribution < 1.29 is 14.3 Å². The molecule has 0 saturated heterocycles. The Morgan fingerprint density at radius 2 is 1.83 bits per heavy atom. The first-order valence-electron chi connectivity index (χ1n) is 8.06. The number of hydrogen-bond donors (Lipinski definition) is 1. The molecule has 1 N–H and O–H groups in total. The lowest BCUT2D eigenvalue weighted by atomic mass is 10.1. The average Bonchev–Trinajstić information content (AvgIpc) is 2.46. The molecule has 1 rings (SSSR count). The normalized spacial score (nSPS) is 12.4. The van der Waals surface area contributed by atoms with Gasteiger partial charge in [-0.1, -0.05) is 38.0 Å². The SMILES string of the molecule is CCCC[C@@H](C(=O)Nc1ccccc1)N(C)C(=O)OC(C)(C)C. The van der Waals surface area contributed by atoms with E-state index in [0.717, 1.165) is 18.5 Å². The molecule has 2 amide bonds. The zero-order chi connectivity index (χ0) is 17.5. The van der Waals surface area contributed by atoms with Crippen LogP contribution < -0.4 is 5.32 Å². The predicted molar refractivity (Wildman–Crippen MR) is 92.4 cm³/mol. The summed E-state index contributed by atoms with van der Waals surface area (Å²) in [6.07, 6.45) is 1.93. The summed E-state index contributed by atoms with van der Waals surface area (Å²) >= 11 is 0. The van der Waals surface area contributed by atoms with Gasteiger partial charge in [0.1, 0.15) is 11.6 Å². The summed E-state index contributed by atoms with van der Waals surface area (Å²) < 4.78 is 5.37. The number of nitrogens with one attached hydrogen (secondary N) is 1. The zero-order valence-corrected chi connectivity index (χ0v) is 14.8. The Kier molecular flexibility index (Phi) is 7.07. The molecule has 0 aliphatic carbocycles. The van der Waals surface area contributed by atoms with Crippen LogP contribution in [0.1, 0.15) is 47.0 Å². The Bertz CT molecular complexity index is 509. The van der Waals surface area contributed by atoms with E-state index in [1.54, 1.807) is 7.05 Å². The smallest absolute Gasteiger partial charge is 0.410 e. The van der Waals surface area contributed by atoms with Crippen molar-refractivity contribution >= 4 is 17.7 Å². The molecule has 1 atom stereocenters. The fourth-order valence-corrected chi connectivity index (χ4v) is 2.11. The number of unbranched alkanes of at least 4 members (excludes halogenated alkanes) is 1. The molecule has 23 heavy (non-hydrogen) atoms. The molecule has 0 fully saturated rings. The van der Waals surface area contributed by atoms with Crippen molar-refractivity contribution in [1.82, 2.24) is 4.90 Å².